The van der Waals surface area contributed by atoms with Crippen molar-refractivity contribution in [2.45, 2.75) is 33.0 Å². The number of aromatic nitrogens is 2. The number of nitrogens with zero attached hydrogens (tertiary/aromatic N) is 2. The largest absolute Gasteiger partial charge is 0.416 e. The summed E-state index contributed by atoms with van der Waals surface area (Å²) in [6, 6.07) is 13.8. The van der Waals surface area contributed by atoms with Crippen LogP contribution in [0.15, 0.2) is 54.6 Å². The van der Waals surface area contributed by atoms with Gasteiger partial charge in [-0.2, -0.15) is 18.3 Å². The molecule has 7 heteroatoms. The molecule has 0 bridgehead atoms. The number of aryl methyl sites for hydroxylation is 1. The molecule has 0 aliphatic carbocycles. The van der Waals surface area contributed by atoms with E-state index in [1.807, 2.05) is 30.3 Å². The van der Waals surface area contributed by atoms with Gasteiger partial charge < -0.3 is 5.32 Å². The molecule has 1 aromatic heterocycles. The molecule has 28 heavy (non-hydrogen) atoms. The average molecular weight is 387 g/mol. The number of hydrogen-bond donors (Lipinski definition) is 1. The molecule has 0 radical (unpaired) electrons. The Kier molecular flexibility index (Phi) is 5.27. The van der Waals surface area contributed by atoms with Crippen LogP contribution >= 0.6 is 0 Å². The van der Waals surface area contributed by atoms with Gasteiger partial charge in [-0.05, 0) is 50.6 Å². The summed E-state index contributed by atoms with van der Waals surface area (Å²) in [5.41, 5.74) is 2.10. The van der Waals surface area contributed by atoms with Crippen LogP contribution in [0, 0.1) is 13.8 Å². The minimum atomic E-state index is -4.43. The van der Waals surface area contributed by atoms with E-state index in [0.29, 0.717) is 22.5 Å². The highest BCUT2D eigenvalue weighted by Crippen LogP contribution is 2.31. The van der Waals surface area contributed by atoms with E-state index >= 15 is 0 Å². The highest BCUT2D eigenvalue weighted by Gasteiger charge is 2.31. The van der Waals surface area contributed by atoms with Crippen molar-refractivity contribution in [3.8, 4) is 5.69 Å². The van der Waals surface area contributed by atoms with Gasteiger partial charge in [-0.3, -0.25) is 4.79 Å². The van der Waals surface area contributed by atoms with E-state index in [1.165, 1.54) is 6.07 Å². The predicted octanol–water partition coefficient (Wildman–Crippen LogP) is 5.00. The molecule has 0 saturated carbocycles. The van der Waals surface area contributed by atoms with E-state index in [4.69, 9.17) is 0 Å². The van der Waals surface area contributed by atoms with E-state index in [2.05, 4.69) is 10.4 Å². The second-order valence-electron chi connectivity index (χ2n) is 6.61. The lowest BCUT2D eigenvalue weighted by molar-refractivity contribution is -0.137. The monoisotopic (exact) mass is 387 g/mol. The first-order valence-corrected chi connectivity index (χ1v) is 8.78. The lowest BCUT2D eigenvalue weighted by Gasteiger charge is -2.16. The second-order valence-corrected chi connectivity index (χ2v) is 6.61. The number of rotatable bonds is 4. The molecule has 0 saturated heterocycles. The maximum absolute atomic E-state index is 12.9. The maximum atomic E-state index is 12.9. The van der Waals surface area contributed by atoms with Gasteiger partial charge >= 0.3 is 6.18 Å². The Bertz CT molecular complexity index is 994. The molecular formula is C21H20F3N3O. The van der Waals surface area contributed by atoms with E-state index < -0.39 is 17.8 Å². The predicted molar refractivity (Wildman–Crippen MR) is 100 cm³/mol. The topological polar surface area (TPSA) is 46.9 Å². The number of hydrogen-bond acceptors (Lipinski definition) is 2. The highest BCUT2D eigenvalue weighted by atomic mass is 19.4. The van der Waals surface area contributed by atoms with E-state index in [-0.39, 0.29) is 5.91 Å². The van der Waals surface area contributed by atoms with Crippen molar-refractivity contribution in [2.75, 3.05) is 0 Å². The van der Waals surface area contributed by atoms with Gasteiger partial charge in [-0.25, -0.2) is 4.68 Å². The Hall–Kier alpha value is -3.09. The second kappa shape index (κ2) is 7.50. The Morgan fingerprint density at radius 2 is 1.75 bits per heavy atom. The first-order chi connectivity index (χ1) is 13.2. The van der Waals surface area contributed by atoms with E-state index in [9.17, 15) is 18.0 Å². The summed E-state index contributed by atoms with van der Waals surface area (Å²) in [6.45, 7) is 5.17. The Morgan fingerprint density at radius 1 is 1.07 bits per heavy atom. The summed E-state index contributed by atoms with van der Waals surface area (Å²) in [4.78, 5) is 12.8. The van der Waals surface area contributed by atoms with Gasteiger partial charge in [0.05, 0.1) is 34.2 Å². The number of carbonyl (C=O) groups excluding carboxylic acids is 1. The van der Waals surface area contributed by atoms with Crippen LogP contribution in [0.5, 0.6) is 0 Å². The molecule has 0 fully saturated rings. The third-order valence-electron chi connectivity index (χ3n) is 4.58. The summed E-state index contributed by atoms with van der Waals surface area (Å²) in [7, 11) is 0. The van der Waals surface area contributed by atoms with Crippen LogP contribution in [0.3, 0.4) is 0 Å². The van der Waals surface area contributed by atoms with Crippen LogP contribution in [0.1, 0.15) is 45.8 Å². The molecule has 146 valence electrons. The molecule has 3 aromatic rings. The molecule has 0 aliphatic rings. The number of halogens is 3. The van der Waals surface area contributed by atoms with Crippen LogP contribution in [-0.4, -0.2) is 15.7 Å². The van der Waals surface area contributed by atoms with Crippen LogP contribution in [0.25, 0.3) is 5.69 Å². The number of amides is 1. The number of alkyl halides is 3. The van der Waals surface area contributed by atoms with Gasteiger partial charge in [0.15, 0.2) is 0 Å². The number of para-hydroxylation sites is 1. The van der Waals surface area contributed by atoms with E-state index in [0.717, 1.165) is 17.8 Å². The molecule has 1 atom stereocenters. The summed E-state index contributed by atoms with van der Waals surface area (Å²) >= 11 is 0. The van der Waals surface area contributed by atoms with Crippen LogP contribution in [-0.2, 0) is 6.18 Å². The molecule has 0 aliphatic heterocycles. The molecule has 4 nitrogen and oxygen atoms in total. The lowest BCUT2D eigenvalue weighted by Crippen LogP contribution is -2.27. The summed E-state index contributed by atoms with van der Waals surface area (Å²) in [6.07, 6.45) is -4.43. The van der Waals surface area contributed by atoms with Crippen molar-refractivity contribution in [1.82, 2.24) is 15.1 Å². The summed E-state index contributed by atoms with van der Waals surface area (Å²) in [5.74, 6) is -0.373. The van der Waals surface area contributed by atoms with E-state index in [1.54, 1.807) is 31.5 Å². The van der Waals surface area contributed by atoms with Crippen LogP contribution in [0.2, 0.25) is 0 Å². The summed E-state index contributed by atoms with van der Waals surface area (Å²) < 4.78 is 40.5. The zero-order chi connectivity index (χ0) is 20.5. The zero-order valence-electron chi connectivity index (χ0n) is 15.7. The molecule has 1 unspecified atom stereocenters. The Labute approximate surface area is 161 Å². The molecule has 1 heterocycles. The fourth-order valence-electron chi connectivity index (χ4n) is 3.13. The maximum Gasteiger partial charge on any atom is 0.416 e. The fourth-order valence-corrected chi connectivity index (χ4v) is 3.13. The first kappa shape index (κ1) is 19.7. The van der Waals surface area contributed by atoms with Gasteiger partial charge in [0.25, 0.3) is 5.91 Å². The minimum absolute atomic E-state index is 0.373. The van der Waals surface area contributed by atoms with Crippen molar-refractivity contribution in [1.29, 1.82) is 0 Å². The van der Waals surface area contributed by atoms with Gasteiger partial charge in [-0.15, -0.1) is 0 Å². The first-order valence-electron chi connectivity index (χ1n) is 8.78. The third-order valence-corrected chi connectivity index (χ3v) is 4.58. The molecule has 0 spiro atoms. The lowest BCUT2D eigenvalue weighted by atomic mass is 10.0. The standard InChI is InChI=1S/C21H20F3N3O/c1-13(16-8-7-9-17(12-16)21(22,23)24)25-20(28)19-14(2)26-27(15(19)3)18-10-5-4-6-11-18/h4-13H,1-3H3,(H,25,28). The van der Waals surface area contributed by atoms with Gasteiger partial charge in [0.1, 0.15) is 0 Å². The van der Waals surface area contributed by atoms with Crippen molar-refractivity contribution in [3.05, 3.63) is 82.7 Å². The average Bonchev–Trinajstić information content (AvgIpc) is 2.96. The van der Waals surface area contributed by atoms with Gasteiger partial charge in [-0.1, -0.05) is 30.3 Å². The zero-order valence-corrected chi connectivity index (χ0v) is 15.7. The summed E-state index contributed by atoms with van der Waals surface area (Å²) in [5, 5.41) is 7.21. The SMILES string of the molecule is Cc1nn(-c2ccccc2)c(C)c1C(=O)NC(C)c1cccc(C(F)(F)F)c1. The molecule has 1 amide bonds. The number of carbonyl (C=O) groups is 1. The fraction of sp³-hybridized carbons (Fsp3) is 0.238. The highest BCUT2D eigenvalue weighted by molar-refractivity contribution is 5.96. The molecule has 2 aromatic carbocycles. The van der Waals surface area contributed by atoms with Gasteiger partial charge in [0.2, 0.25) is 0 Å². The minimum Gasteiger partial charge on any atom is -0.345 e. The van der Waals surface area contributed by atoms with Crippen LogP contribution < -0.4 is 5.32 Å². The smallest absolute Gasteiger partial charge is 0.345 e. The normalized spacial score (nSPS) is 12.6. The van der Waals surface area contributed by atoms with Crippen LogP contribution in [0.4, 0.5) is 13.2 Å². The number of benzene rings is 2. The van der Waals surface area contributed by atoms with Crippen molar-refractivity contribution in [2.24, 2.45) is 0 Å². The third kappa shape index (κ3) is 3.93. The Morgan fingerprint density at radius 3 is 2.39 bits per heavy atom. The Balaban J connectivity index is 1.85. The van der Waals surface area contributed by atoms with Gasteiger partial charge in [0, 0.05) is 0 Å². The van der Waals surface area contributed by atoms with Crippen molar-refractivity contribution in [3.63, 3.8) is 0 Å². The number of nitrogens with one attached hydrogen (secondary N) is 1. The molecule has 3 rings (SSSR count). The van der Waals surface area contributed by atoms with Crippen molar-refractivity contribution >= 4 is 5.91 Å². The molecular weight excluding hydrogens is 367 g/mol. The molecule has 1 N–H and O–H groups in total. The quantitative estimate of drug-likeness (QED) is 0.685. The van der Waals surface area contributed by atoms with Crippen molar-refractivity contribution < 1.29 is 18.0 Å².